The van der Waals surface area contributed by atoms with Gasteiger partial charge in [-0.2, -0.15) is 0 Å². The highest BCUT2D eigenvalue weighted by Gasteiger charge is 2.10. The van der Waals surface area contributed by atoms with Gasteiger partial charge >= 0.3 is 5.97 Å². The van der Waals surface area contributed by atoms with E-state index in [4.69, 9.17) is 4.74 Å². The van der Waals surface area contributed by atoms with E-state index in [0.29, 0.717) is 5.56 Å². The Balaban J connectivity index is 1.63. The fourth-order valence-corrected chi connectivity index (χ4v) is 2.16. The molecule has 2 aromatic carbocycles. The van der Waals surface area contributed by atoms with Crippen molar-refractivity contribution in [3.05, 3.63) is 71.5 Å². The summed E-state index contributed by atoms with van der Waals surface area (Å²) < 4.78 is 6.71. The zero-order valence-electron chi connectivity index (χ0n) is 13.0. The van der Waals surface area contributed by atoms with Gasteiger partial charge < -0.3 is 4.74 Å². The van der Waals surface area contributed by atoms with E-state index in [2.05, 4.69) is 27.4 Å². The van der Waals surface area contributed by atoms with Gasteiger partial charge in [0.05, 0.1) is 11.3 Å². The molecule has 118 valence electrons. The van der Waals surface area contributed by atoms with E-state index in [-0.39, 0.29) is 6.61 Å². The number of carbonyl (C=O) groups excluding carboxylic acids is 1. The van der Waals surface area contributed by atoms with Crippen molar-refractivity contribution in [3.63, 3.8) is 0 Å². The van der Waals surface area contributed by atoms with Crippen LogP contribution in [0.15, 0.2) is 54.9 Å². The van der Waals surface area contributed by atoms with Crippen LogP contribution in [-0.4, -0.2) is 32.8 Å². The van der Waals surface area contributed by atoms with E-state index in [0.717, 1.165) is 16.8 Å². The molecule has 0 radical (unpaired) electrons. The number of hydrogen-bond acceptors (Lipinski definition) is 5. The van der Waals surface area contributed by atoms with Crippen LogP contribution < -0.4 is 0 Å². The molecule has 0 fully saturated rings. The number of aromatic nitrogens is 4. The Morgan fingerprint density at radius 3 is 2.75 bits per heavy atom. The van der Waals surface area contributed by atoms with Crippen molar-refractivity contribution in [1.29, 1.82) is 0 Å². The first kappa shape index (κ1) is 15.4. The third-order valence-corrected chi connectivity index (χ3v) is 3.31. The van der Waals surface area contributed by atoms with Crippen LogP contribution in [0.4, 0.5) is 0 Å². The first-order valence-electron chi connectivity index (χ1n) is 7.29. The SMILES string of the molecule is Cc1cc(C(=O)OCC#Cc2ccccc2)ccc1-n1cnnn1. The number of esters is 1. The predicted molar refractivity (Wildman–Crippen MR) is 87.5 cm³/mol. The Bertz CT molecular complexity index is 894. The molecular weight excluding hydrogens is 304 g/mol. The van der Waals surface area contributed by atoms with Gasteiger partial charge in [-0.1, -0.05) is 30.0 Å². The standard InChI is InChI=1S/C18H14N4O2/c1-14-12-16(9-10-17(14)22-13-19-20-21-22)18(23)24-11-5-8-15-6-3-2-4-7-15/h2-4,6-7,9-10,12-13H,11H2,1H3. The minimum atomic E-state index is -0.413. The Morgan fingerprint density at radius 2 is 2.04 bits per heavy atom. The van der Waals surface area contributed by atoms with Crippen LogP contribution in [0.3, 0.4) is 0 Å². The summed E-state index contributed by atoms with van der Waals surface area (Å²) >= 11 is 0. The number of hydrogen-bond donors (Lipinski definition) is 0. The van der Waals surface area contributed by atoms with Crippen molar-refractivity contribution in [2.75, 3.05) is 6.61 Å². The topological polar surface area (TPSA) is 69.9 Å². The van der Waals surface area contributed by atoms with E-state index in [1.165, 1.54) is 11.0 Å². The van der Waals surface area contributed by atoms with Crippen LogP contribution >= 0.6 is 0 Å². The van der Waals surface area contributed by atoms with Gasteiger partial charge in [0.15, 0.2) is 6.61 Å². The van der Waals surface area contributed by atoms with E-state index in [1.807, 2.05) is 37.3 Å². The summed E-state index contributed by atoms with van der Waals surface area (Å²) in [5, 5.41) is 11.0. The second-order valence-electron chi connectivity index (χ2n) is 5.00. The second-order valence-corrected chi connectivity index (χ2v) is 5.00. The number of aryl methyl sites for hydroxylation is 1. The number of carbonyl (C=O) groups is 1. The van der Waals surface area contributed by atoms with Gasteiger partial charge in [-0.3, -0.25) is 0 Å². The second kappa shape index (κ2) is 7.20. The Kier molecular flexibility index (Phi) is 4.63. The highest BCUT2D eigenvalue weighted by Crippen LogP contribution is 2.15. The summed E-state index contributed by atoms with van der Waals surface area (Å²) in [5.41, 5.74) is 3.02. The van der Waals surface area contributed by atoms with E-state index >= 15 is 0 Å². The predicted octanol–water partition coefficient (Wildman–Crippen LogP) is 2.18. The lowest BCUT2D eigenvalue weighted by Crippen LogP contribution is -2.07. The maximum atomic E-state index is 12.1. The average Bonchev–Trinajstić information content (AvgIpc) is 3.13. The van der Waals surface area contributed by atoms with Crippen LogP contribution in [0, 0.1) is 18.8 Å². The molecular formula is C18H14N4O2. The van der Waals surface area contributed by atoms with Crippen molar-refractivity contribution in [2.24, 2.45) is 0 Å². The molecule has 0 aliphatic rings. The first-order valence-corrected chi connectivity index (χ1v) is 7.29. The number of tetrazole rings is 1. The molecule has 0 bridgehead atoms. The summed E-state index contributed by atoms with van der Waals surface area (Å²) in [6, 6.07) is 14.7. The van der Waals surface area contributed by atoms with Gasteiger partial charge in [0.2, 0.25) is 0 Å². The molecule has 0 amide bonds. The highest BCUT2D eigenvalue weighted by atomic mass is 16.5. The molecule has 6 heteroatoms. The van der Waals surface area contributed by atoms with Gasteiger partial charge in [0.1, 0.15) is 6.33 Å². The fourth-order valence-electron chi connectivity index (χ4n) is 2.16. The van der Waals surface area contributed by atoms with Crippen LogP contribution in [-0.2, 0) is 4.74 Å². The lowest BCUT2D eigenvalue weighted by molar-refractivity contribution is 0.0556. The first-order chi connectivity index (χ1) is 11.7. The molecule has 0 N–H and O–H groups in total. The summed E-state index contributed by atoms with van der Waals surface area (Å²) in [5.74, 6) is 5.35. The maximum absolute atomic E-state index is 12.1. The normalized spacial score (nSPS) is 9.88. The van der Waals surface area contributed by atoms with Crippen LogP contribution in [0.1, 0.15) is 21.5 Å². The highest BCUT2D eigenvalue weighted by molar-refractivity contribution is 5.90. The lowest BCUT2D eigenvalue weighted by Gasteiger charge is -2.06. The van der Waals surface area contributed by atoms with Gasteiger partial charge in [-0.15, -0.1) is 5.10 Å². The molecule has 0 spiro atoms. The molecule has 1 heterocycles. The van der Waals surface area contributed by atoms with Crippen LogP contribution in [0.25, 0.3) is 5.69 Å². The smallest absolute Gasteiger partial charge is 0.339 e. The van der Waals surface area contributed by atoms with Crippen molar-refractivity contribution in [2.45, 2.75) is 6.92 Å². The quantitative estimate of drug-likeness (QED) is 0.547. The van der Waals surface area contributed by atoms with Crippen molar-refractivity contribution in [1.82, 2.24) is 20.2 Å². The number of ether oxygens (including phenoxy) is 1. The molecule has 0 aliphatic carbocycles. The molecule has 0 atom stereocenters. The van der Waals surface area contributed by atoms with Crippen molar-refractivity contribution < 1.29 is 9.53 Å². The van der Waals surface area contributed by atoms with E-state index in [9.17, 15) is 4.79 Å². The minimum Gasteiger partial charge on any atom is -0.449 e. The molecule has 3 aromatic rings. The molecule has 0 saturated heterocycles. The van der Waals surface area contributed by atoms with Gasteiger partial charge in [-0.25, -0.2) is 9.48 Å². The molecule has 24 heavy (non-hydrogen) atoms. The van der Waals surface area contributed by atoms with E-state index in [1.54, 1.807) is 18.2 Å². The maximum Gasteiger partial charge on any atom is 0.339 e. The summed E-state index contributed by atoms with van der Waals surface area (Å²) in [6.45, 7) is 1.92. The van der Waals surface area contributed by atoms with E-state index < -0.39 is 5.97 Å². The number of nitrogens with zero attached hydrogens (tertiary/aromatic N) is 4. The van der Waals surface area contributed by atoms with Crippen LogP contribution in [0.2, 0.25) is 0 Å². The molecule has 0 aliphatic heterocycles. The molecule has 1 aromatic heterocycles. The number of benzene rings is 2. The number of rotatable bonds is 3. The molecule has 6 nitrogen and oxygen atoms in total. The largest absolute Gasteiger partial charge is 0.449 e. The van der Waals surface area contributed by atoms with Gasteiger partial charge in [0.25, 0.3) is 0 Å². The zero-order valence-corrected chi connectivity index (χ0v) is 13.0. The van der Waals surface area contributed by atoms with Crippen molar-refractivity contribution >= 4 is 5.97 Å². The minimum absolute atomic E-state index is 0.0432. The summed E-state index contributed by atoms with van der Waals surface area (Å²) in [7, 11) is 0. The Labute approximate surface area is 139 Å². The zero-order chi connectivity index (χ0) is 16.8. The molecule has 0 saturated carbocycles. The lowest BCUT2D eigenvalue weighted by atomic mass is 10.1. The Morgan fingerprint density at radius 1 is 1.21 bits per heavy atom. The summed E-state index contributed by atoms with van der Waals surface area (Å²) in [6.07, 6.45) is 1.50. The third kappa shape index (κ3) is 3.65. The van der Waals surface area contributed by atoms with Gasteiger partial charge in [-0.05, 0) is 53.2 Å². The van der Waals surface area contributed by atoms with Crippen molar-refractivity contribution in [3.8, 4) is 17.5 Å². The monoisotopic (exact) mass is 318 g/mol. The fraction of sp³-hybridized carbons (Fsp3) is 0.111. The summed E-state index contributed by atoms with van der Waals surface area (Å²) in [4.78, 5) is 12.1. The third-order valence-electron chi connectivity index (χ3n) is 3.31. The van der Waals surface area contributed by atoms with Gasteiger partial charge in [0, 0.05) is 5.56 Å². The average molecular weight is 318 g/mol. The van der Waals surface area contributed by atoms with Crippen LogP contribution in [0.5, 0.6) is 0 Å². The molecule has 3 rings (SSSR count). The Hall–Kier alpha value is -3.46. The molecule has 0 unspecified atom stereocenters.